The van der Waals surface area contributed by atoms with Crippen molar-refractivity contribution in [3.05, 3.63) is 71.4 Å². The molecule has 0 unspecified atom stereocenters. The molecule has 25 heavy (non-hydrogen) atoms. The van der Waals surface area contributed by atoms with E-state index in [4.69, 9.17) is 0 Å². The van der Waals surface area contributed by atoms with Gasteiger partial charge in [-0.05, 0) is 29.8 Å². The standard InChI is InChI=1S/C20H18N2S2.HI/c1-21-18-8-4-5-9-19(18)24-20(21)14-15-10-11-22(12-13-23)17-7-3-2-6-16(15)17;/h2-11,14H,12-13H2,1H3;1H. The molecular weight excluding hydrogens is 459 g/mol. The predicted molar refractivity (Wildman–Crippen MR) is 107 cm³/mol. The largest absolute Gasteiger partial charge is 1.00 e. The van der Waals surface area contributed by atoms with E-state index in [0.29, 0.717) is 0 Å². The molecule has 0 fully saturated rings. The molecule has 0 N–H and O–H groups in total. The van der Waals surface area contributed by atoms with Gasteiger partial charge in [-0.2, -0.15) is 17.2 Å². The van der Waals surface area contributed by atoms with Gasteiger partial charge in [0.1, 0.15) is 0 Å². The Morgan fingerprint density at radius 1 is 1.08 bits per heavy atom. The summed E-state index contributed by atoms with van der Waals surface area (Å²) in [4.78, 5) is 3.58. The molecule has 5 heteroatoms. The molecular formula is C20H19IN2S2. The van der Waals surface area contributed by atoms with Crippen molar-refractivity contribution in [2.75, 3.05) is 17.7 Å². The van der Waals surface area contributed by atoms with Gasteiger partial charge in [0.15, 0.2) is 12.7 Å². The molecule has 0 radical (unpaired) electrons. The average molecular weight is 478 g/mol. The number of pyridine rings is 1. The molecule has 3 aromatic rings. The van der Waals surface area contributed by atoms with Crippen LogP contribution in [0.5, 0.6) is 0 Å². The molecule has 0 saturated heterocycles. The lowest BCUT2D eigenvalue weighted by atomic mass is 10.1. The average Bonchev–Trinajstić information content (AvgIpc) is 2.93. The quantitative estimate of drug-likeness (QED) is 0.348. The van der Waals surface area contributed by atoms with E-state index in [0.717, 1.165) is 12.3 Å². The summed E-state index contributed by atoms with van der Waals surface area (Å²) in [7, 11) is 2.14. The number of para-hydroxylation sites is 2. The van der Waals surface area contributed by atoms with Gasteiger partial charge in [0.25, 0.3) is 0 Å². The Balaban J connectivity index is 0.00000182. The summed E-state index contributed by atoms with van der Waals surface area (Å²) in [6, 6.07) is 19.3. The highest BCUT2D eigenvalue weighted by molar-refractivity contribution is 8.03. The van der Waals surface area contributed by atoms with Crippen LogP contribution in [0.15, 0.2) is 70.7 Å². The lowest BCUT2D eigenvalue weighted by Gasteiger charge is -2.13. The Hall–Kier alpha value is -1.18. The van der Waals surface area contributed by atoms with Gasteiger partial charge in [-0.1, -0.05) is 36.0 Å². The lowest BCUT2D eigenvalue weighted by molar-refractivity contribution is -0.666. The highest BCUT2D eigenvalue weighted by atomic mass is 127. The number of anilines is 1. The molecule has 128 valence electrons. The maximum atomic E-state index is 4.38. The fourth-order valence-electron chi connectivity index (χ4n) is 3.12. The normalized spacial score (nSPS) is 14.6. The first kappa shape index (κ1) is 18.6. The van der Waals surface area contributed by atoms with Crippen LogP contribution in [0.1, 0.15) is 5.56 Å². The summed E-state index contributed by atoms with van der Waals surface area (Å²) in [6.07, 6.45) is 4.45. The number of halogens is 1. The number of hydrogen-bond donors (Lipinski definition) is 1. The number of hydrogen-bond acceptors (Lipinski definition) is 3. The van der Waals surface area contributed by atoms with Gasteiger partial charge in [0.05, 0.1) is 16.1 Å². The van der Waals surface area contributed by atoms with Crippen LogP contribution in [0.2, 0.25) is 0 Å². The van der Waals surface area contributed by atoms with Crippen LogP contribution in [0.3, 0.4) is 0 Å². The van der Waals surface area contributed by atoms with Crippen molar-refractivity contribution in [3.8, 4) is 0 Å². The summed E-state index contributed by atoms with van der Waals surface area (Å²) in [5, 5.41) is 2.53. The SMILES string of the molecule is CN1C(=Cc2cc[n+](CCS)c3ccccc23)Sc2ccccc21.[I-]. The molecule has 4 rings (SSSR count). The smallest absolute Gasteiger partial charge is 0.213 e. The Bertz CT molecular complexity index is 940. The minimum atomic E-state index is 0. The van der Waals surface area contributed by atoms with E-state index < -0.39 is 0 Å². The number of fused-ring (bicyclic) bond motifs is 2. The minimum absolute atomic E-state index is 0. The van der Waals surface area contributed by atoms with E-state index in [-0.39, 0.29) is 24.0 Å². The third-order valence-electron chi connectivity index (χ3n) is 4.35. The summed E-state index contributed by atoms with van der Waals surface area (Å²) in [6.45, 7) is 0.917. The molecule has 0 saturated carbocycles. The van der Waals surface area contributed by atoms with Crippen LogP contribution in [0.4, 0.5) is 5.69 Å². The molecule has 0 aliphatic carbocycles. The zero-order valence-corrected chi connectivity index (χ0v) is 17.8. The summed E-state index contributed by atoms with van der Waals surface area (Å²) < 4.78 is 2.27. The number of rotatable bonds is 3. The van der Waals surface area contributed by atoms with Gasteiger partial charge in [-0.3, -0.25) is 0 Å². The molecule has 0 spiro atoms. The van der Waals surface area contributed by atoms with Crippen LogP contribution in [0, 0.1) is 0 Å². The highest BCUT2D eigenvalue weighted by Crippen LogP contribution is 2.45. The number of benzene rings is 2. The van der Waals surface area contributed by atoms with Crippen molar-refractivity contribution in [2.45, 2.75) is 11.4 Å². The second-order valence-electron chi connectivity index (χ2n) is 5.82. The maximum Gasteiger partial charge on any atom is 0.213 e. The van der Waals surface area contributed by atoms with Crippen LogP contribution < -0.4 is 33.4 Å². The van der Waals surface area contributed by atoms with Gasteiger partial charge in [-0.15, -0.1) is 0 Å². The summed E-state index contributed by atoms with van der Waals surface area (Å²) in [5.74, 6) is 0.836. The zero-order chi connectivity index (χ0) is 16.5. The first-order valence-electron chi connectivity index (χ1n) is 8.02. The molecule has 2 nitrogen and oxygen atoms in total. The van der Waals surface area contributed by atoms with E-state index >= 15 is 0 Å². The van der Waals surface area contributed by atoms with Crippen molar-refractivity contribution >= 4 is 47.1 Å². The Morgan fingerprint density at radius 2 is 1.84 bits per heavy atom. The zero-order valence-electron chi connectivity index (χ0n) is 13.9. The minimum Gasteiger partial charge on any atom is -1.00 e. The van der Waals surface area contributed by atoms with Crippen molar-refractivity contribution in [3.63, 3.8) is 0 Å². The molecule has 1 aliphatic heterocycles. The van der Waals surface area contributed by atoms with Gasteiger partial charge in [0.2, 0.25) is 5.52 Å². The highest BCUT2D eigenvalue weighted by Gasteiger charge is 2.21. The van der Waals surface area contributed by atoms with Crippen LogP contribution in [-0.4, -0.2) is 12.8 Å². The fraction of sp³-hybridized carbons (Fsp3) is 0.150. The maximum absolute atomic E-state index is 4.38. The Morgan fingerprint density at radius 3 is 2.64 bits per heavy atom. The summed E-state index contributed by atoms with van der Waals surface area (Å²) in [5.41, 5.74) is 3.78. The fourth-order valence-corrected chi connectivity index (χ4v) is 4.43. The van der Waals surface area contributed by atoms with E-state index in [1.807, 2.05) is 11.8 Å². The van der Waals surface area contributed by atoms with Crippen molar-refractivity contribution < 1.29 is 28.5 Å². The number of aryl methyl sites for hydroxylation is 1. The first-order valence-corrected chi connectivity index (χ1v) is 9.47. The first-order chi connectivity index (χ1) is 11.8. The van der Waals surface area contributed by atoms with Crippen molar-refractivity contribution in [1.82, 2.24) is 0 Å². The topological polar surface area (TPSA) is 7.12 Å². The second-order valence-corrected chi connectivity index (χ2v) is 7.33. The molecule has 1 aromatic heterocycles. The molecule has 0 bridgehead atoms. The van der Waals surface area contributed by atoms with Gasteiger partial charge in [-0.25, -0.2) is 0 Å². The second kappa shape index (κ2) is 8.01. The van der Waals surface area contributed by atoms with E-state index in [1.165, 1.54) is 32.1 Å². The van der Waals surface area contributed by atoms with Gasteiger partial charge >= 0.3 is 0 Å². The Labute approximate surface area is 175 Å². The third kappa shape index (κ3) is 3.55. The summed E-state index contributed by atoms with van der Waals surface area (Å²) >= 11 is 6.21. The van der Waals surface area contributed by atoms with Crippen LogP contribution in [0.25, 0.3) is 17.0 Å². The van der Waals surface area contributed by atoms with Crippen LogP contribution >= 0.6 is 24.4 Å². The van der Waals surface area contributed by atoms with E-state index in [9.17, 15) is 0 Å². The number of thioether (sulfide) groups is 1. The Kier molecular flexibility index (Phi) is 5.96. The molecule has 2 heterocycles. The third-order valence-corrected chi connectivity index (χ3v) is 5.72. The molecule has 1 aliphatic rings. The van der Waals surface area contributed by atoms with Gasteiger partial charge in [0, 0.05) is 29.8 Å². The van der Waals surface area contributed by atoms with E-state index in [2.05, 4.69) is 96.0 Å². The monoisotopic (exact) mass is 478 g/mol. The lowest BCUT2D eigenvalue weighted by Crippen LogP contribution is -3.00. The van der Waals surface area contributed by atoms with Crippen LogP contribution in [-0.2, 0) is 6.54 Å². The number of thiol groups is 1. The number of nitrogens with zero attached hydrogens (tertiary/aromatic N) is 2. The van der Waals surface area contributed by atoms with E-state index in [1.54, 1.807) is 0 Å². The van der Waals surface area contributed by atoms with Crippen molar-refractivity contribution in [2.24, 2.45) is 0 Å². The molecule has 2 aromatic carbocycles. The van der Waals surface area contributed by atoms with Crippen molar-refractivity contribution in [1.29, 1.82) is 0 Å². The molecule has 0 atom stereocenters. The molecule has 0 amide bonds. The predicted octanol–water partition coefficient (Wildman–Crippen LogP) is 1.60. The van der Waals surface area contributed by atoms with Gasteiger partial charge < -0.3 is 28.9 Å². The number of aromatic nitrogens is 1.